The van der Waals surface area contributed by atoms with Crippen molar-refractivity contribution >= 4 is 0 Å². The maximum absolute atomic E-state index is 13.6. The van der Waals surface area contributed by atoms with Crippen molar-refractivity contribution in [3.63, 3.8) is 0 Å². The highest BCUT2D eigenvalue weighted by Crippen LogP contribution is 2.15. The third kappa shape index (κ3) is 5.96. The Bertz CT molecular complexity index is 389. The zero-order chi connectivity index (χ0) is 15.0. The number of aliphatic hydroxyl groups is 1. The number of ether oxygens (including phenoxy) is 2. The van der Waals surface area contributed by atoms with E-state index in [0.29, 0.717) is 18.7 Å². The van der Waals surface area contributed by atoms with Crippen molar-refractivity contribution in [1.82, 2.24) is 5.32 Å². The van der Waals surface area contributed by atoms with Crippen LogP contribution in [0.5, 0.6) is 0 Å². The average Bonchev–Trinajstić information content (AvgIpc) is 2.43. The van der Waals surface area contributed by atoms with Crippen LogP contribution in [0.3, 0.4) is 0 Å². The molecule has 0 aliphatic rings. The summed E-state index contributed by atoms with van der Waals surface area (Å²) in [5.74, 6) is -0.244. The van der Waals surface area contributed by atoms with Crippen LogP contribution in [0.2, 0.25) is 0 Å². The molecule has 1 aromatic carbocycles. The molecule has 5 heteroatoms. The predicted molar refractivity (Wildman–Crippen MR) is 76.1 cm³/mol. The molecule has 0 amide bonds. The zero-order valence-electron chi connectivity index (χ0n) is 12.3. The summed E-state index contributed by atoms with van der Waals surface area (Å²) in [5.41, 5.74) is 0.591. The average molecular weight is 285 g/mol. The van der Waals surface area contributed by atoms with Crippen molar-refractivity contribution in [1.29, 1.82) is 0 Å². The highest BCUT2D eigenvalue weighted by molar-refractivity contribution is 5.20. The lowest BCUT2D eigenvalue weighted by Gasteiger charge is -2.19. The van der Waals surface area contributed by atoms with Crippen molar-refractivity contribution in [3.05, 3.63) is 35.6 Å². The molecule has 0 saturated heterocycles. The van der Waals surface area contributed by atoms with Crippen LogP contribution in [0.25, 0.3) is 0 Å². The molecule has 4 nitrogen and oxygen atoms in total. The molecule has 0 radical (unpaired) electrons. The number of hydrogen-bond acceptors (Lipinski definition) is 4. The first-order valence-electron chi connectivity index (χ1n) is 6.81. The lowest BCUT2D eigenvalue weighted by atomic mass is 10.1. The molecule has 3 atom stereocenters. The Hall–Kier alpha value is -1.01. The quantitative estimate of drug-likeness (QED) is 0.727. The van der Waals surface area contributed by atoms with Crippen LogP contribution in [0.1, 0.15) is 25.5 Å². The van der Waals surface area contributed by atoms with Crippen LogP contribution >= 0.6 is 0 Å². The summed E-state index contributed by atoms with van der Waals surface area (Å²) in [6, 6.07) is 6.45. The van der Waals surface area contributed by atoms with Gasteiger partial charge in [0, 0.05) is 25.3 Å². The number of nitrogens with one attached hydrogen (secondary N) is 1. The minimum atomic E-state index is -0.636. The van der Waals surface area contributed by atoms with Gasteiger partial charge < -0.3 is 19.9 Å². The lowest BCUT2D eigenvalue weighted by Crippen LogP contribution is -2.33. The van der Waals surface area contributed by atoms with Gasteiger partial charge in [-0.25, -0.2) is 4.39 Å². The third-order valence-corrected chi connectivity index (χ3v) is 3.01. The van der Waals surface area contributed by atoms with Crippen LogP contribution in [0.4, 0.5) is 4.39 Å². The minimum absolute atomic E-state index is 0.0568. The molecule has 0 aliphatic heterocycles. The Labute approximate surface area is 119 Å². The van der Waals surface area contributed by atoms with Gasteiger partial charge in [0.05, 0.1) is 25.4 Å². The molecule has 0 aromatic heterocycles. The maximum atomic E-state index is 13.6. The number of aliphatic hydroxyl groups excluding tert-OH is 1. The molecule has 0 saturated carbocycles. The van der Waals surface area contributed by atoms with E-state index in [1.165, 1.54) is 6.07 Å². The van der Waals surface area contributed by atoms with Gasteiger partial charge in [0.2, 0.25) is 0 Å². The standard InChI is InChI=1S/C15H24FNO3/c1-11(9-19-3)20-10-13(18)8-17-12(2)14-6-4-5-7-15(14)16/h4-7,11-13,17-18H,8-10H2,1-3H3. The van der Waals surface area contributed by atoms with Crippen LogP contribution in [-0.4, -0.2) is 44.2 Å². The summed E-state index contributed by atoms with van der Waals surface area (Å²) in [6.45, 7) is 4.80. The van der Waals surface area contributed by atoms with Gasteiger partial charge in [0.1, 0.15) is 5.82 Å². The van der Waals surface area contributed by atoms with E-state index in [0.717, 1.165) is 0 Å². The molecule has 0 aliphatic carbocycles. The second-order valence-corrected chi connectivity index (χ2v) is 4.90. The molecule has 0 heterocycles. The van der Waals surface area contributed by atoms with Crippen molar-refractivity contribution in [2.24, 2.45) is 0 Å². The van der Waals surface area contributed by atoms with Crippen molar-refractivity contribution in [3.8, 4) is 0 Å². The van der Waals surface area contributed by atoms with Gasteiger partial charge in [0.15, 0.2) is 0 Å². The largest absolute Gasteiger partial charge is 0.389 e. The fraction of sp³-hybridized carbons (Fsp3) is 0.600. The highest BCUT2D eigenvalue weighted by atomic mass is 19.1. The molecule has 0 bridgehead atoms. The Morgan fingerprint density at radius 2 is 1.95 bits per heavy atom. The summed E-state index contributed by atoms with van der Waals surface area (Å²) < 4.78 is 23.9. The number of halogens is 1. The summed E-state index contributed by atoms with van der Waals surface area (Å²) in [6.07, 6.45) is -0.692. The van der Waals surface area contributed by atoms with Crippen LogP contribution in [0, 0.1) is 5.82 Å². The van der Waals surface area contributed by atoms with Gasteiger partial charge in [-0.2, -0.15) is 0 Å². The number of rotatable bonds is 9. The van der Waals surface area contributed by atoms with E-state index in [1.54, 1.807) is 25.3 Å². The maximum Gasteiger partial charge on any atom is 0.127 e. The SMILES string of the molecule is COCC(C)OCC(O)CNC(C)c1ccccc1F. The van der Waals surface area contributed by atoms with Gasteiger partial charge in [-0.1, -0.05) is 18.2 Å². The fourth-order valence-corrected chi connectivity index (χ4v) is 1.87. The summed E-state index contributed by atoms with van der Waals surface area (Å²) >= 11 is 0. The first-order chi connectivity index (χ1) is 9.54. The molecular weight excluding hydrogens is 261 g/mol. The molecule has 2 N–H and O–H groups in total. The Morgan fingerprint density at radius 3 is 2.60 bits per heavy atom. The Morgan fingerprint density at radius 1 is 1.25 bits per heavy atom. The smallest absolute Gasteiger partial charge is 0.127 e. The monoisotopic (exact) mass is 285 g/mol. The summed E-state index contributed by atoms with van der Waals surface area (Å²) in [7, 11) is 1.61. The second-order valence-electron chi connectivity index (χ2n) is 4.90. The van der Waals surface area contributed by atoms with E-state index < -0.39 is 6.10 Å². The molecule has 0 fully saturated rings. The fourth-order valence-electron chi connectivity index (χ4n) is 1.87. The minimum Gasteiger partial charge on any atom is -0.389 e. The Balaban J connectivity index is 2.30. The lowest BCUT2D eigenvalue weighted by molar-refractivity contribution is -0.0315. The number of hydrogen-bond donors (Lipinski definition) is 2. The van der Waals surface area contributed by atoms with Crippen molar-refractivity contribution in [2.45, 2.75) is 32.1 Å². The van der Waals surface area contributed by atoms with E-state index in [1.807, 2.05) is 13.8 Å². The molecule has 1 rings (SSSR count). The number of benzene rings is 1. The van der Waals surface area contributed by atoms with Gasteiger partial charge >= 0.3 is 0 Å². The number of methoxy groups -OCH3 is 1. The van der Waals surface area contributed by atoms with Crippen LogP contribution < -0.4 is 5.32 Å². The molecule has 0 spiro atoms. The van der Waals surface area contributed by atoms with E-state index in [-0.39, 0.29) is 24.6 Å². The topological polar surface area (TPSA) is 50.7 Å². The van der Waals surface area contributed by atoms with E-state index in [9.17, 15) is 9.50 Å². The van der Waals surface area contributed by atoms with E-state index in [2.05, 4.69) is 5.32 Å². The van der Waals surface area contributed by atoms with Gasteiger partial charge in [-0.3, -0.25) is 0 Å². The highest BCUT2D eigenvalue weighted by Gasteiger charge is 2.13. The van der Waals surface area contributed by atoms with Gasteiger partial charge in [-0.15, -0.1) is 0 Å². The third-order valence-electron chi connectivity index (χ3n) is 3.01. The van der Waals surface area contributed by atoms with Crippen molar-refractivity contribution in [2.75, 3.05) is 26.9 Å². The zero-order valence-corrected chi connectivity index (χ0v) is 12.3. The van der Waals surface area contributed by atoms with Gasteiger partial charge in [-0.05, 0) is 19.9 Å². The normalized spacial score (nSPS) is 15.8. The van der Waals surface area contributed by atoms with Gasteiger partial charge in [0.25, 0.3) is 0 Å². The first-order valence-corrected chi connectivity index (χ1v) is 6.81. The van der Waals surface area contributed by atoms with Crippen LogP contribution in [-0.2, 0) is 9.47 Å². The Kier molecular flexibility index (Phi) is 7.69. The molecule has 3 unspecified atom stereocenters. The van der Waals surface area contributed by atoms with Crippen LogP contribution in [0.15, 0.2) is 24.3 Å². The first kappa shape index (κ1) is 17.0. The molecule has 20 heavy (non-hydrogen) atoms. The molecule has 114 valence electrons. The second kappa shape index (κ2) is 9.02. The molecule has 1 aromatic rings. The molecular formula is C15H24FNO3. The summed E-state index contributed by atoms with van der Waals surface area (Å²) in [5, 5.41) is 12.9. The van der Waals surface area contributed by atoms with Crippen molar-refractivity contribution < 1.29 is 19.0 Å². The summed E-state index contributed by atoms with van der Waals surface area (Å²) in [4.78, 5) is 0. The van der Waals surface area contributed by atoms with E-state index >= 15 is 0 Å². The van der Waals surface area contributed by atoms with E-state index in [4.69, 9.17) is 9.47 Å². The predicted octanol–water partition coefficient (Wildman–Crippen LogP) is 1.89.